The standard InChI is InChI=1S/C20H28F2N2O2/c1-14(2)19(25)23-12-15-6-7-20(26-15)8-10-24(11-9-20)13-16-17(21)4-3-5-18(16)22/h3-5,14-15H,6-13H2,1-2H3,(H,23,25). The van der Waals surface area contributed by atoms with Gasteiger partial charge in [0.05, 0.1) is 11.7 Å². The van der Waals surface area contributed by atoms with Gasteiger partial charge in [-0.25, -0.2) is 8.78 Å². The van der Waals surface area contributed by atoms with Gasteiger partial charge in [0.1, 0.15) is 11.6 Å². The third kappa shape index (κ3) is 4.41. The average Bonchev–Trinajstić information content (AvgIpc) is 3.01. The lowest BCUT2D eigenvalue weighted by atomic mass is 9.88. The molecular weight excluding hydrogens is 338 g/mol. The van der Waals surface area contributed by atoms with Gasteiger partial charge in [-0.3, -0.25) is 9.69 Å². The van der Waals surface area contributed by atoms with E-state index in [1.54, 1.807) is 0 Å². The third-order valence-corrected chi connectivity index (χ3v) is 5.58. The number of nitrogens with zero attached hydrogens (tertiary/aromatic N) is 1. The minimum atomic E-state index is -0.483. The summed E-state index contributed by atoms with van der Waals surface area (Å²) in [7, 11) is 0. The summed E-state index contributed by atoms with van der Waals surface area (Å²) >= 11 is 0. The van der Waals surface area contributed by atoms with Crippen LogP contribution in [0.1, 0.15) is 45.1 Å². The molecule has 2 fully saturated rings. The Morgan fingerprint density at radius 2 is 1.92 bits per heavy atom. The summed E-state index contributed by atoms with van der Waals surface area (Å²) in [5.41, 5.74) is 0.00221. The summed E-state index contributed by atoms with van der Waals surface area (Å²) in [5, 5.41) is 2.94. The Morgan fingerprint density at radius 1 is 1.27 bits per heavy atom. The predicted molar refractivity (Wildman–Crippen MR) is 95.6 cm³/mol. The van der Waals surface area contributed by atoms with Gasteiger partial charge in [-0.2, -0.15) is 0 Å². The van der Waals surface area contributed by atoms with Gasteiger partial charge in [-0.05, 0) is 37.8 Å². The first kappa shape index (κ1) is 19.2. The van der Waals surface area contributed by atoms with Gasteiger partial charge in [0.15, 0.2) is 0 Å². The van der Waals surface area contributed by atoms with E-state index in [2.05, 4.69) is 10.2 Å². The van der Waals surface area contributed by atoms with Crippen molar-refractivity contribution in [3.63, 3.8) is 0 Å². The molecule has 1 aromatic rings. The van der Waals surface area contributed by atoms with Crippen LogP contribution in [-0.2, 0) is 16.1 Å². The van der Waals surface area contributed by atoms with E-state index in [0.29, 0.717) is 13.1 Å². The number of hydrogen-bond acceptors (Lipinski definition) is 3. The summed E-state index contributed by atoms with van der Waals surface area (Å²) in [6.45, 7) is 6.13. The molecule has 0 aromatic heterocycles. The topological polar surface area (TPSA) is 41.6 Å². The molecule has 0 bridgehead atoms. The average molecular weight is 366 g/mol. The van der Waals surface area contributed by atoms with E-state index < -0.39 is 11.6 Å². The van der Waals surface area contributed by atoms with E-state index >= 15 is 0 Å². The molecule has 4 nitrogen and oxygen atoms in total. The van der Waals surface area contributed by atoms with Crippen LogP contribution >= 0.6 is 0 Å². The highest BCUT2D eigenvalue weighted by Gasteiger charge is 2.42. The first-order valence-electron chi connectivity index (χ1n) is 9.49. The maximum Gasteiger partial charge on any atom is 0.222 e. The fraction of sp³-hybridized carbons (Fsp3) is 0.650. The number of ether oxygens (including phenoxy) is 1. The number of carbonyl (C=O) groups is 1. The zero-order valence-electron chi connectivity index (χ0n) is 15.6. The number of carbonyl (C=O) groups excluding carboxylic acids is 1. The normalized spacial score (nSPS) is 22.9. The Balaban J connectivity index is 1.48. The van der Waals surface area contributed by atoms with E-state index in [9.17, 15) is 13.6 Å². The molecule has 0 radical (unpaired) electrons. The molecule has 0 aliphatic carbocycles. The van der Waals surface area contributed by atoms with Crippen LogP contribution in [0.25, 0.3) is 0 Å². The monoisotopic (exact) mass is 366 g/mol. The van der Waals surface area contributed by atoms with Crippen LogP contribution in [0, 0.1) is 17.6 Å². The van der Waals surface area contributed by atoms with Crippen LogP contribution in [0.15, 0.2) is 18.2 Å². The quantitative estimate of drug-likeness (QED) is 0.870. The molecule has 1 atom stereocenters. The number of likely N-dealkylation sites (tertiary alicyclic amines) is 1. The molecule has 1 N–H and O–H groups in total. The molecule has 1 spiro atoms. The highest BCUT2D eigenvalue weighted by molar-refractivity contribution is 5.77. The number of amides is 1. The Kier molecular flexibility index (Phi) is 5.92. The van der Waals surface area contributed by atoms with Crippen molar-refractivity contribution in [1.82, 2.24) is 10.2 Å². The molecule has 1 aromatic carbocycles. The molecular formula is C20H28F2N2O2. The van der Waals surface area contributed by atoms with Crippen LogP contribution < -0.4 is 5.32 Å². The second kappa shape index (κ2) is 8.01. The molecule has 2 aliphatic rings. The number of nitrogens with one attached hydrogen (secondary N) is 1. The summed E-state index contributed by atoms with van der Waals surface area (Å²) in [4.78, 5) is 13.8. The first-order chi connectivity index (χ1) is 12.4. The van der Waals surface area contributed by atoms with Crippen molar-refractivity contribution in [3.05, 3.63) is 35.4 Å². The van der Waals surface area contributed by atoms with Gasteiger partial charge < -0.3 is 10.1 Å². The van der Waals surface area contributed by atoms with Gasteiger partial charge in [-0.15, -0.1) is 0 Å². The number of hydrogen-bond donors (Lipinski definition) is 1. The van der Waals surface area contributed by atoms with Gasteiger partial charge in [0, 0.05) is 37.7 Å². The molecule has 6 heteroatoms. The smallest absolute Gasteiger partial charge is 0.222 e. The lowest BCUT2D eigenvalue weighted by Crippen LogP contribution is -2.45. The summed E-state index contributed by atoms with van der Waals surface area (Å²) in [5.74, 6) is -0.935. The zero-order valence-corrected chi connectivity index (χ0v) is 15.6. The van der Waals surface area contributed by atoms with Crippen LogP contribution in [0.2, 0.25) is 0 Å². The van der Waals surface area contributed by atoms with Crippen molar-refractivity contribution in [1.29, 1.82) is 0 Å². The Morgan fingerprint density at radius 3 is 2.54 bits per heavy atom. The Hall–Kier alpha value is -1.53. The second-order valence-electron chi connectivity index (χ2n) is 7.84. The van der Waals surface area contributed by atoms with Crippen LogP contribution in [0.5, 0.6) is 0 Å². The Bertz CT molecular complexity index is 622. The maximum atomic E-state index is 13.8. The van der Waals surface area contributed by atoms with Crippen molar-refractivity contribution in [2.45, 2.75) is 57.8 Å². The van der Waals surface area contributed by atoms with Crippen molar-refractivity contribution in [2.24, 2.45) is 5.92 Å². The lowest BCUT2D eigenvalue weighted by molar-refractivity contribution is -0.125. The first-order valence-corrected chi connectivity index (χ1v) is 9.49. The molecule has 2 heterocycles. The van der Waals surface area contributed by atoms with Crippen LogP contribution in [-0.4, -0.2) is 42.1 Å². The highest BCUT2D eigenvalue weighted by atomic mass is 19.1. The largest absolute Gasteiger partial charge is 0.370 e. The van der Waals surface area contributed by atoms with Crippen molar-refractivity contribution in [2.75, 3.05) is 19.6 Å². The van der Waals surface area contributed by atoms with Crippen LogP contribution in [0.4, 0.5) is 8.78 Å². The van der Waals surface area contributed by atoms with E-state index in [4.69, 9.17) is 4.74 Å². The zero-order chi connectivity index (χ0) is 18.7. The predicted octanol–water partition coefficient (Wildman–Crippen LogP) is 3.25. The van der Waals surface area contributed by atoms with Crippen molar-refractivity contribution < 1.29 is 18.3 Å². The minimum Gasteiger partial charge on any atom is -0.370 e. The molecule has 1 unspecified atom stereocenters. The van der Waals surface area contributed by atoms with Gasteiger partial charge in [0.2, 0.25) is 5.91 Å². The summed E-state index contributed by atoms with van der Waals surface area (Å²) in [6, 6.07) is 4.00. The van der Waals surface area contributed by atoms with E-state index in [0.717, 1.165) is 38.8 Å². The van der Waals surface area contributed by atoms with Crippen LogP contribution in [0.3, 0.4) is 0 Å². The van der Waals surface area contributed by atoms with Gasteiger partial charge in [0.25, 0.3) is 0 Å². The molecule has 2 saturated heterocycles. The fourth-order valence-electron chi connectivity index (χ4n) is 3.85. The van der Waals surface area contributed by atoms with E-state index in [-0.39, 0.29) is 29.1 Å². The molecule has 26 heavy (non-hydrogen) atoms. The summed E-state index contributed by atoms with van der Waals surface area (Å²) < 4.78 is 33.9. The lowest BCUT2D eigenvalue weighted by Gasteiger charge is -2.39. The van der Waals surface area contributed by atoms with E-state index in [1.165, 1.54) is 18.2 Å². The van der Waals surface area contributed by atoms with Crippen molar-refractivity contribution >= 4 is 5.91 Å². The highest BCUT2D eigenvalue weighted by Crippen LogP contribution is 2.39. The molecule has 144 valence electrons. The van der Waals surface area contributed by atoms with E-state index in [1.807, 2.05) is 13.8 Å². The fourth-order valence-corrected chi connectivity index (χ4v) is 3.85. The summed E-state index contributed by atoms with van der Waals surface area (Å²) in [6.07, 6.45) is 3.71. The SMILES string of the molecule is CC(C)C(=O)NCC1CCC2(CCN(Cc3c(F)cccc3F)CC2)O1. The second-order valence-corrected chi connectivity index (χ2v) is 7.84. The van der Waals surface area contributed by atoms with Crippen molar-refractivity contribution in [3.8, 4) is 0 Å². The number of benzene rings is 1. The molecule has 2 aliphatic heterocycles. The maximum absolute atomic E-state index is 13.8. The number of halogens is 2. The molecule has 0 saturated carbocycles. The molecule has 3 rings (SSSR count). The van der Waals surface area contributed by atoms with Gasteiger partial charge >= 0.3 is 0 Å². The Labute approximate surface area is 153 Å². The minimum absolute atomic E-state index is 0.0209. The number of rotatable bonds is 5. The third-order valence-electron chi connectivity index (χ3n) is 5.58. The number of piperidine rings is 1. The van der Waals surface area contributed by atoms with Gasteiger partial charge in [-0.1, -0.05) is 19.9 Å². The molecule has 1 amide bonds.